The molecule has 0 spiro atoms. The molecular formula is C13H10BrNS2. The molecular weight excluding hydrogens is 314 g/mol. The van der Waals surface area contributed by atoms with Gasteiger partial charge in [0.05, 0.1) is 3.79 Å². The molecule has 3 rings (SSSR count). The van der Waals surface area contributed by atoms with E-state index < -0.39 is 0 Å². The van der Waals surface area contributed by atoms with Crippen LogP contribution in [0.25, 0.3) is 10.1 Å². The van der Waals surface area contributed by atoms with Gasteiger partial charge in [0, 0.05) is 21.8 Å². The molecule has 0 aliphatic carbocycles. The monoisotopic (exact) mass is 323 g/mol. The molecule has 1 aromatic carbocycles. The highest BCUT2D eigenvalue weighted by molar-refractivity contribution is 9.11. The average molecular weight is 324 g/mol. The summed E-state index contributed by atoms with van der Waals surface area (Å²) in [6.45, 7) is 0.881. The first-order chi connectivity index (χ1) is 8.31. The van der Waals surface area contributed by atoms with Gasteiger partial charge in [-0.05, 0) is 63.1 Å². The predicted octanol–water partition coefficient (Wildman–Crippen LogP) is 5.34. The van der Waals surface area contributed by atoms with Gasteiger partial charge in [-0.1, -0.05) is 0 Å². The van der Waals surface area contributed by atoms with Gasteiger partial charge in [-0.25, -0.2) is 0 Å². The Balaban J connectivity index is 1.76. The van der Waals surface area contributed by atoms with Crippen molar-refractivity contribution in [2.45, 2.75) is 6.54 Å². The van der Waals surface area contributed by atoms with Crippen LogP contribution in [0.1, 0.15) is 4.88 Å². The van der Waals surface area contributed by atoms with Gasteiger partial charge >= 0.3 is 0 Å². The summed E-state index contributed by atoms with van der Waals surface area (Å²) in [6, 6.07) is 12.9. The zero-order valence-corrected chi connectivity index (χ0v) is 12.2. The Bertz CT molecular complexity index is 641. The van der Waals surface area contributed by atoms with E-state index in [9.17, 15) is 0 Å². The van der Waals surface area contributed by atoms with Gasteiger partial charge < -0.3 is 5.32 Å². The smallest absolute Gasteiger partial charge is 0.0702 e. The van der Waals surface area contributed by atoms with Gasteiger partial charge in [-0.2, -0.15) is 0 Å². The second-order valence-electron chi connectivity index (χ2n) is 3.73. The van der Waals surface area contributed by atoms with Crippen molar-refractivity contribution in [2.75, 3.05) is 5.32 Å². The number of halogens is 1. The van der Waals surface area contributed by atoms with Crippen LogP contribution in [0.4, 0.5) is 5.69 Å². The quantitative estimate of drug-likeness (QED) is 0.686. The van der Waals surface area contributed by atoms with E-state index in [0.29, 0.717) is 0 Å². The molecule has 2 aromatic heterocycles. The lowest BCUT2D eigenvalue weighted by Crippen LogP contribution is -1.96. The fourth-order valence-corrected chi connectivity index (χ4v) is 3.91. The number of anilines is 1. The van der Waals surface area contributed by atoms with Crippen LogP contribution in [0.5, 0.6) is 0 Å². The van der Waals surface area contributed by atoms with Crippen LogP contribution >= 0.6 is 38.6 Å². The highest BCUT2D eigenvalue weighted by atomic mass is 79.9. The number of nitrogens with one attached hydrogen (secondary N) is 1. The molecule has 2 heterocycles. The van der Waals surface area contributed by atoms with Gasteiger partial charge in [0.1, 0.15) is 0 Å². The third-order valence-electron chi connectivity index (χ3n) is 2.55. The Morgan fingerprint density at radius 2 is 2.06 bits per heavy atom. The van der Waals surface area contributed by atoms with E-state index in [1.165, 1.54) is 24.4 Å². The third-order valence-corrected chi connectivity index (χ3v) is 5.07. The normalized spacial score (nSPS) is 10.9. The Morgan fingerprint density at radius 1 is 1.12 bits per heavy atom. The summed E-state index contributed by atoms with van der Waals surface area (Å²) in [7, 11) is 0. The molecule has 0 aliphatic rings. The summed E-state index contributed by atoms with van der Waals surface area (Å²) < 4.78 is 2.53. The topological polar surface area (TPSA) is 12.0 Å². The molecule has 1 nitrogen and oxygen atoms in total. The van der Waals surface area contributed by atoms with Crippen LogP contribution in [0.3, 0.4) is 0 Å². The molecule has 0 saturated carbocycles. The number of rotatable bonds is 3. The summed E-state index contributed by atoms with van der Waals surface area (Å²) in [5.41, 5.74) is 1.18. The highest BCUT2D eigenvalue weighted by Crippen LogP contribution is 2.26. The molecule has 0 fully saturated rings. The van der Waals surface area contributed by atoms with E-state index >= 15 is 0 Å². The number of fused-ring (bicyclic) bond motifs is 1. The predicted molar refractivity (Wildman–Crippen MR) is 81.2 cm³/mol. The van der Waals surface area contributed by atoms with Gasteiger partial charge in [-0.15, -0.1) is 22.7 Å². The highest BCUT2D eigenvalue weighted by Gasteiger charge is 1.99. The molecule has 0 bridgehead atoms. The fraction of sp³-hybridized carbons (Fsp3) is 0.0769. The van der Waals surface area contributed by atoms with E-state index in [0.717, 1.165) is 6.54 Å². The lowest BCUT2D eigenvalue weighted by Gasteiger charge is -2.04. The number of hydrogen-bond acceptors (Lipinski definition) is 3. The molecule has 0 amide bonds. The Hall–Kier alpha value is -0.840. The third kappa shape index (κ3) is 2.54. The molecule has 4 heteroatoms. The molecule has 86 valence electrons. The maximum atomic E-state index is 3.48. The van der Waals surface area contributed by atoms with Crippen molar-refractivity contribution in [3.05, 3.63) is 50.4 Å². The van der Waals surface area contributed by atoms with Gasteiger partial charge in [-0.3, -0.25) is 0 Å². The van der Waals surface area contributed by atoms with Crippen LogP contribution in [0.2, 0.25) is 0 Å². The molecule has 0 unspecified atom stereocenters. The van der Waals surface area contributed by atoms with E-state index in [2.05, 4.69) is 63.0 Å². The second-order valence-corrected chi connectivity index (χ2v) is 7.23. The van der Waals surface area contributed by atoms with Crippen molar-refractivity contribution >= 4 is 54.4 Å². The minimum Gasteiger partial charge on any atom is -0.380 e. The maximum Gasteiger partial charge on any atom is 0.0702 e. The molecule has 0 radical (unpaired) electrons. The van der Waals surface area contributed by atoms with E-state index in [-0.39, 0.29) is 0 Å². The first kappa shape index (κ1) is 11.3. The van der Waals surface area contributed by atoms with Crippen LogP contribution in [0, 0.1) is 0 Å². The van der Waals surface area contributed by atoms with Gasteiger partial charge in [0.2, 0.25) is 0 Å². The average Bonchev–Trinajstić information content (AvgIpc) is 2.94. The van der Waals surface area contributed by atoms with Crippen LogP contribution in [-0.2, 0) is 6.54 Å². The standard InChI is InChI=1S/C13H10BrNS2/c14-13-4-2-11(17-13)8-15-10-1-3-12-9(7-10)5-6-16-12/h1-7,15H,8H2. The van der Waals surface area contributed by atoms with Crippen LogP contribution < -0.4 is 5.32 Å². The molecule has 0 saturated heterocycles. The minimum absolute atomic E-state index is 0.881. The van der Waals surface area contributed by atoms with Crippen molar-refractivity contribution in [1.82, 2.24) is 0 Å². The zero-order valence-electron chi connectivity index (χ0n) is 8.94. The van der Waals surface area contributed by atoms with Crippen molar-refractivity contribution in [3.8, 4) is 0 Å². The fourth-order valence-electron chi connectivity index (χ4n) is 1.71. The van der Waals surface area contributed by atoms with Gasteiger partial charge in [0.15, 0.2) is 0 Å². The molecule has 3 aromatic rings. The largest absolute Gasteiger partial charge is 0.380 e. The molecule has 0 aliphatic heterocycles. The van der Waals surface area contributed by atoms with Crippen molar-refractivity contribution in [1.29, 1.82) is 0 Å². The van der Waals surface area contributed by atoms with E-state index in [1.54, 1.807) is 22.7 Å². The summed E-state index contributed by atoms with van der Waals surface area (Å²) in [5, 5.41) is 6.89. The van der Waals surface area contributed by atoms with Crippen molar-refractivity contribution < 1.29 is 0 Å². The Kier molecular flexibility index (Phi) is 3.18. The molecule has 0 atom stereocenters. The first-order valence-corrected chi connectivity index (χ1v) is 7.75. The summed E-state index contributed by atoms with van der Waals surface area (Å²) in [4.78, 5) is 1.34. The molecule has 1 N–H and O–H groups in total. The minimum atomic E-state index is 0.881. The van der Waals surface area contributed by atoms with Gasteiger partial charge in [0.25, 0.3) is 0 Å². The summed E-state index contributed by atoms with van der Waals surface area (Å²) >= 11 is 7.03. The zero-order chi connectivity index (χ0) is 11.7. The summed E-state index contributed by atoms with van der Waals surface area (Å²) in [6.07, 6.45) is 0. The van der Waals surface area contributed by atoms with Crippen LogP contribution in [-0.4, -0.2) is 0 Å². The lowest BCUT2D eigenvalue weighted by atomic mass is 10.2. The lowest BCUT2D eigenvalue weighted by molar-refractivity contribution is 1.20. The Labute approximate surface area is 116 Å². The number of benzene rings is 1. The van der Waals surface area contributed by atoms with Crippen molar-refractivity contribution in [2.24, 2.45) is 0 Å². The second kappa shape index (κ2) is 4.80. The summed E-state index contributed by atoms with van der Waals surface area (Å²) in [5.74, 6) is 0. The SMILES string of the molecule is Brc1ccc(CNc2ccc3sccc3c2)s1. The number of thiophene rings is 2. The first-order valence-electron chi connectivity index (χ1n) is 5.26. The van der Waals surface area contributed by atoms with Crippen molar-refractivity contribution in [3.63, 3.8) is 0 Å². The van der Waals surface area contributed by atoms with Crippen LogP contribution in [0.15, 0.2) is 45.6 Å². The van der Waals surface area contributed by atoms with E-state index in [1.807, 2.05) is 0 Å². The van der Waals surface area contributed by atoms with E-state index in [4.69, 9.17) is 0 Å². The number of hydrogen-bond donors (Lipinski definition) is 1. The molecule has 17 heavy (non-hydrogen) atoms. The Morgan fingerprint density at radius 3 is 2.88 bits per heavy atom. The maximum absolute atomic E-state index is 3.48.